The van der Waals surface area contributed by atoms with Crippen molar-refractivity contribution in [3.8, 4) is 5.75 Å². The number of benzene rings is 1. The van der Waals surface area contributed by atoms with E-state index in [9.17, 15) is 5.11 Å². The minimum atomic E-state index is -0.730. The SMILES string of the molecule is OCC(O)CNc1ccc(OCCCN2CCCC2)cc1. The number of aliphatic hydroxyl groups excluding tert-OH is 2. The van der Waals surface area contributed by atoms with Gasteiger partial charge in [0.25, 0.3) is 0 Å². The van der Waals surface area contributed by atoms with Gasteiger partial charge in [-0.05, 0) is 56.6 Å². The predicted molar refractivity (Wildman–Crippen MR) is 83.8 cm³/mol. The molecule has 1 fully saturated rings. The summed E-state index contributed by atoms with van der Waals surface area (Å²) in [6.45, 7) is 4.45. The molecule has 1 unspecified atom stereocenters. The molecule has 1 atom stereocenters. The minimum absolute atomic E-state index is 0.231. The first-order chi connectivity index (χ1) is 10.3. The van der Waals surface area contributed by atoms with Gasteiger partial charge in [-0.3, -0.25) is 0 Å². The molecule has 5 heteroatoms. The maximum Gasteiger partial charge on any atom is 0.119 e. The van der Waals surface area contributed by atoms with E-state index in [1.807, 2.05) is 24.3 Å². The number of ether oxygens (including phenoxy) is 1. The van der Waals surface area contributed by atoms with Crippen molar-refractivity contribution in [1.29, 1.82) is 0 Å². The number of hydrogen-bond acceptors (Lipinski definition) is 5. The molecule has 1 aliphatic heterocycles. The Morgan fingerprint density at radius 2 is 1.90 bits per heavy atom. The van der Waals surface area contributed by atoms with Gasteiger partial charge < -0.3 is 25.2 Å². The fourth-order valence-corrected chi connectivity index (χ4v) is 2.45. The smallest absolute Gasteiger partial charge is 0.119 e. The Hall–Kier alpha value is -1.30. The first-order valence-corrected chi connectivity index (χ1v) is 7.76. The number of rotatable bonds is 9. The highest BCUT2D eigenvalue weighted by Gasteiger charge is 2.10. The molecular weight excluding hydrogens is 268 g/mol. The van der Waals surface area contributed by atoms with E-state index in [1.54, 1.807) is 0 Å². The summed E-state index contributed by atoms with van der Waals surface area (Å²) in [6, 6.07) is 7.67. The van der Waals surface area contributed by atoms with Crippen LogP contribution >= 0.6 is 0 Å². The molecular formula is C16H26N2O3. The van der Waals surface area contributed by atoms with Gasteiger partial charge in [0, 0.05) is 18.8 Å². The third kappa shape index (κ3) is 5.91. The number of anilines is 1. The highest BCUT2D eigenvalue weighted by Crippen LogP contribution is 2.16. The lowest BCUT2D eigenvalue weighted by molar-refractivity contribution is 0.105. The van der Waals surface area contributed by atoms with Crippen LogP contribution in [0.25, 0.3) is 0 Å². The monoisotopic (exact) mass is 294 g/mol. The highest BCUT2D eigenvalue weighted by molar-refractivity contribution is 5.46. The zero-order valence-electron chi connectivity index (χ0n) is 12.5. The van der Waals surface area contributed by atoms with Crippen LogP contribution < -0.4 is 10.1 Å². The van der Waals surface area contributed by atoms with Gasteiger partial charge in [0.05, 0.1) is 19.3 Å². The van der Waals surface area contributed by atoms with E-state index in [0.717, 1.165) is 31.0 Å². The topological polar surface area (TPSA) is 65.0 Å². The molecule has 0 bridgehead atoms. The second kappa shape index (κ2) is 8.87. The molecule has 118 valence electrons. The van der Waals surface area contributed by atoms with Crippen molar-refractivity contribution in [1.82, 2.24) is 4.90 Å². The van der Waals surface area contributed by atoms with E-state index in [1.165, 1.54) is 25.9 Å². The van der Waals surface area contributed by atoms with Gasteiger partial charge in [-0.15, -0.1) is 0 Å². The Morgan fingerprint density at radius 3 is 2.57 bits per heavy atom. The summed E-state index contributed by atoms with van der Waals surface area (Å²) in [5.41, 5.74) is 0.909. The van der Waals surface area contributed by atoms with Crippen molar-refractivity contribution in [3.63, 3.8) is 0 Å². The molecule has 21 heavy (non-hydrogen) atoms. The first-order valence-electron chi connectivity index (χ1n) is 7.76. The fourth-order valence-electron chi connectivity index (χ4n) is 2.45. The van der Waals surface area contributed by atoms with Crippen molar-refractivity contribution in [2.75, 3.05) is 44.7 Å². The third-order valence-corrected chi connectivity index (χ3v) is 3.69. The van der Waals surface area contributed by atoms with Gasteiger partial charge in [-0.2, -0.15) is 0 Å². The summed E-state index contributed by atoms with van der Waals surface area (Å²) in [5.74, 6) is 0.865. The van der Waals surface area contributed by atoms with Gasteiger partial charge in [-0.25, -0.2) is 0 Å². The van der Waals surface area contributed by atoms with Crippen LogP contribution in [0.1, 0.15) is 19.3 Å². The van der Waals surface area contributed by atoms with Crippen LogP contribution in [0.15, 0.2) is 24.3 Å². The van der Waals surface area contributed by atoms with Crippen LogP contribution in [0.4, 0.5) is 5.69 Å². The lowest BCUT2D eigenvalue weighted by Gasteiger charge is -2.14. The Labute approximate surface area is 126 Å². The second-order valence-electron chi connectivity index (χ2n) is 5.49. The number of nitrogens with zero attached hydrogens (tertiary/aromatic N) is 1. The minimum Gasteiger partial charge on any atom is -0.494 e. The molecule has 0 radical (unpaired) electrons. The fraction of sp³-hybridized carbons (Fsp3) is 0.625. The Morgan fingerprint density at radius 1 is 1.19 bits per heavy atom. The largest absolute Gasteiger partial charge is 0.494 e. The molecule has 0 amide bonds. The summed E-state index contributed by atoms with van der Waals surface area (Å²) >= 11 is 0. The quantitative estimate of drug-likeness (QED) is 0.600. The average molecular weight is 294 g/mol. The van der Waals surface area contributed by atoms with E-state index in [-0.39, 0.29) is 6.61 Å². The van der Waals surface area contributed by atoms with Crippen LogP contribution in [0.5, 0.6) is 5.75 Å². The Kier molecular flexibility index (Phi) is 6.79. The number of hydrogen-bond donors (Lipinski definition) is 3. The maximum atomic E-state index is 9.27. The van der Waals surface area contributed by atoms with E-state index in [4.69, 9.17) is 9.84 Å². The summed E-state index contributed by atoms with van der Waals surface area (Å²) in [4.78, 5) is 2.49. The molecule has 0 saturated carbocycles. The molecule has 1 aromatic carbocycles. The van der Waals surface area contributed by atoms with Gasteiger partial charge >= 0.3 is 0 Å². The average Bonchev–Trinajstić information content (AvgIpc) is 3.03. The molecule has 5 nitrogen and oxygen atoms in total. The zero-order chi connectivity index (χ0) is 14.9. The summed E-state index contributed by atoms with van der Waals surface area (Å²) in [7, 11) is 0. The van der Waals surface area contributed by atoms with E-state index >= 15 is 0 Å². The van der Waals surface area contributed by atoms with Crippen LogP contribution in [-0.4, -0.2) is 60.6 Å². The van der Waals surface area contributed by atoms with Crippen LogP contribution in [0.3, 0.4) is 0 Å². The lowest BCUT2D eigenvalue weighted by atomic mass is 10.3. The van der Waals surface area contributed by atoms with Crippen molar-refractivity contribution >= 4 is 5.69 Å². The molecule has 1 saturated heterocycles. The van der Waals surface area contributed by atoms with Crippen molar-refractivity contribution in [3.05, 3.63) is 24.3 Å². The molecule has 0 aromatic heterocycles. The van der Waals surface area contributed by atoms with E-state index in [2.05, 4.69) is 10.2 Å². The van der Waals surface area contributed by atoms with Crippen molar-refractivity contribution in [2.24, 2.45) is 0 Å². The summed E-state index contributed by atoms with van der Waals surface area (Å²) in [5, 5.41) is 21.1. The molecule has 3 N–H and O–H groups in total. The molecule has 2 rings (SSSR count). The number of aliphatic hydroxyl groups is 2. The molecule has 1 heterocycles. The van der Waals surface area contributed by atoms with Crippen LogP contribution in [0.2, 0.25) is 0 Å². The highest BCUT2D eigenvalue weighted by atomic mass is 16.5. The molecule has 0 spiro atoms. The standard InChI is InChI=1S/C16H26N2O3/c19-13-15(20)12-17-14-4-6-16(7-5-14)21-11-3-10-18-8-1-2-9-18/h4-7,15,17,19-20H,1-3,8-13H2. The Bertz CT molecular complexity index is 391. The predicted octanol–water partition coefficient (Wildman–Crippen LogP) is 1.32. The van der Waals surface area contributed by atoms with Gasteiger partial charge in [0.15, 0.2) is 0 Å². The van der Waals surface area contributed by atoms with E-state index in [0.29, 0.717) is 6.54 Å². The molecule has 1 aromatic rings. The number of nitrogens with one attached hydrogen (secondary N) is 1. The third-order valence-electron chi connectivity index (χ3n) is 3.69. The van der Waals surface area contributed by atoms with E-state index < -0.39 is 6.10 Å². The molecule has 1 aliphatic rings. The summed E-state index contributed by atoms with van der Waals surface area (Å²) < 4.78 is 5.72. The Balaban J connectivity index is 1.62. The number of likely N-dealkylation sites (tertiary alicyclic amines) is 1. The van der Waals surface area contributed by atoms with Gasteiger partial charge in [0.2, 0.25) is 0 Å². The van der Waals surface area contributed by atoms with Crippen molar-refractivity contribution < 1.29 is 14.9 Å². The molecule has 0 aliphatic carbocycles. The maximum absolute atomic E-state index is 9.27. The van der Waals surface area contributed by atoms with Crippen molar-refractivity contribution in [2.45, 2.75) is 25.4 Å². The zero-order valence-corrected chi connectivity index (χ0v) is 12.5. The van der Waals surface area contributed by atoms with Gasteiger partial charge in [-0.1, -0.05) is 0 Å². The summed E-state index contributed by atoms with van der Waals surface area (Å²) in [6.07, 6.45) is 3.00. The van der Waals surface area contributed by atoms with Gasteiger partial charge in [0.1, 0.15) is 5.75 Å². The lowest BCUT2D eigenvalue weighted by Crippen LogP contribution is -2.22. The normalized spacial score (nSPS) is 16.9. The second-order valence-corrected chi connectivity index (χ2v) is 5.49. The first kappa shape index (κ1) is 16.1. The van der Waals surface area contributed by atoms with Crippen LogP contribution in [0, 0.1) is 0 Å². The van der Waals surface area contributed by atoms with Crippen LogP contribution in [-0.2, 0) is 0 Å².